The lowest BCUT2D eigenvalue weighted by molar-refractivity contribution is 0.370. The van der Waals surface area contributed by atoms with E-state index in [1.807, 2.05) is 25.9 Å². The highest BCUT2D eigenvalue weighted by Gasteiger charge is 2.26. The lowest BCUT2D eigenvalue weighted by atomic mass is 9.99. The SMILES string of the molecule is C[C@@H](CN(C)C)NS(=O)(=O)c1nc(Nc2c3c(cc4c2CCC4)CCC3)n[nH]1. The van der Waals surface area contributed by atoms with Crippen LogP contribution >= 0.6 is 0 Å². The van der Waals surface area contributed by atoms with E-state index < -0.39 is 10.0 Å². The van der Waals surface area contributed by atoms with Crippen LogP contribution in [0.4, 0.5) is 11.6 Å². The highest BCUT2D eigenvalue weighted by molar-refractivity contribution is 7.89. The minimum Gasteiger partial charge on any atom is -0.322 e. The summed E-state index contributed by atoms with van der Waals surface area (Å²) in [6, 6.07) is 2.13. The number of rotatable bonds is 7. The second-order valence-electron chi connectivity index (χ2n) is 8.11. The largest absolute Gasteiger partial charge is 0.322 e. The fourth-order valence-electron chi connectivity index (χ4n) is 4.41. The third-order valence-corrected chi connectivity index (χ3v) is 6.83. The zero-order valence-electron chi connectivity index (χ0n) is 16.7. The molecule has 1 aromatic heterocycles. The second-order valence-corrected chi connectivity index (χ2v) is 9.74. The van der Waals surface area contributed by atoms with Crippen molar-refractivity contribution in [1.29, 1.82) is 0 Å². The van der Waals surface area contributed by atoms with Crippen molar-refractivity contribution in [1.82, 2.24) is 24.8 Å². The van der Waals surface area contributed by atoms with Crippen LogP contribution in [0.1, 0.15) is 42.0 Å². The van der Waals surface area contributed by atoms with Crippen molar-refractivity contribution in [2.24, 2.45) is 0 Å². The molecule has 0 saturated carbocycles. The maximum absolute atomic E-state index is 12.6. The van der Waals surface area contributed by atoms with Gasteiger partial charge in [0.05, 0.1) is 0 Å². The molecule has 0 radical (unpaired) electrons. The summed E-state index contributed by atoms with van der Waals surface area (Å²) < 4.78 is 27.8. The van der Waals surface area contributed by atoms with Crippen molar-refractivity contribution in [3.05, 3.63) is 28.3 Å². The number of aromatic amines is 1. The van der Waals surface area contributed by atoms with E-state index in [9.17, 15) is 8.42 Å². The fourth-order valence-corrected chi connectivity index (χ4v) is 5.50. The van der Waals surface area contributed by atoms with Gasteiger partial charge in [0, 0.05) is 18.3 Å². The molecule has 2 aromatic rings. The molecule has 0 fully saturated rings. The molecule has 0 saturated heterocycles. The van der Waals surface area contributed by atoms with E-state index in [1.54, 1.807) is 0 Å². The Morgan fingerprint density at radius 1 is 1.14 bits per heavy atom. The van der Waals surface area contributed by atoms with Crippen LogP contribution in [-0.2, 0) is 35.7 Å². The number of fused-ring (bicyclic) bond motifs is 2. The zero-order valence-corrected chi connectivity index (χ0v) is 17.5. The Hall–Kier alpha value is -1.97. The maximum Gasteiger partial charge on any atom is 0.276 e. The molecule has 2 aliphatic rings. The standard InChI is InChI=1S/C19H28N6O2S/c1-12(11-25(2)3)24-28(26,27)19-21-18(22-23-19)20-17-15-8-4-6-13(15)10-14-7-5-9-16(14)17/h10,12,24H,4-9,11H2,1-3H3,(H2,20,21,22,23)/t12-/m0/s1. The van der Waals surface area contributed by atoms with Crippen LogP contribution in [-0.4, -0.2) is 55.2 Å². The monoisotopic (exact) mass is 404 g/mol. The number of nitrogens with one attached hydrogen (secondary N) is 3. The number of aromatic nitrogens is 3. The van der Waals surface area contributed by atoms with Crippen molar-refractivity contribution in [3.8, 4) is 0 Å². The minimum absolute atomic E-state index is 0.162. The smallest absolute Gasteiger partial charge is 0.276 e. The molecule has 28 heavy (non-hydrogen) atoms. The highest BCUT2D eigenvalue weighted by Crippen LogP contribution is 2.39. The quantitative estimate of drug-likeness (QED) is 0.650. The number of aryl methyl sites for hydroxylation is 2. The van der Waals surface area contributed by atoms with Gasteiger partial charge in [-0.15, -0.1) is 5.10 Å². The molecular weight excluding hydrogens is 376 g/mol. The Morgan fingerprint density at radius 2 is 1.79 bits per heavy atom. The topological polar surface area (TPSA) is 103 Å². The van der Waals surface area contributed by atoms with Gasteiger partial charge in [-0.1, -0.05) is 6.07 Å². The molecule has 1 atom stereocenters. The van der Waals surface area contributed by atoms with Crippen molar-refractivity contribution in [2.45, 2.75) is 56.6 Å². The Kier molecular flexibility index (Phi) is 5.15. The van der Waals surface area contributed by atoms with Gasteiger partial charge in [-0.25, -0.2) is 18.2 Å². The Bertz CT molecular complexity index is 950. The lowest BCUT2D eigenvalue weighted by Crippen LogP contribution is -2.39. The maximum atomic E-state index is 12.6. The number of nitrogens with zero attached hydrogens (tertiary/aromatic N) is 3. The van der Waals surface area contributed by atoms with E-state index in [4.69, 9.17) is 0 Å². The van der Waals surface area contributed by atoms with Crippen LogP contribution in [0, 0.1) is 0 Å². The summed E-state index contributed by atoms with van der Waals surface area (Å²) in [6.07, 6.45) is 6.63. The average molecular weight is 405 g/mol. The van der Waals surface area contributed by atoms with Gasteiger partial charge < -0.3 is 10.2 Å². The number of hydrogen-bond donors (Lipinski definition) is 3. The van der Waals surface area contributed by atoms with E-state index >= 15 is 0 Å². The summed E-state index contributed by atoms with van der Waals surface area (Å²) in [5, 5.41) is 9.86. The van der Waals surface area contributed by atoms with Crippen LogP contribution in [0.3, 0.4) is 0 Å². The van der Waals surface area contributed by atoms with Gasteiger partial charge in [0.25, 0.3) is 15.2 Å². The number of H-pyrrole nitrogens is 1. The summed E-state index contributed by atoms with van der Waals surface area (Å²) >= 11 is 0. The van der Waals surface area contributed by atoms with Gasteiger partial charge in [0.15, 0.2) is 0 Å². The van der Waals surface area contributed by atoms with Crippen molar-refractivity contribution >= 4 is 21.7 Å². The van der Waals surface area contributed by atoms with E-state index in [0.29, 0.717) is 12.5 Å². The molecular formula is C19H28N6O2S. The van der Waals surface area contributed by atoms with Crippen LogP contribution in [0.15, 0.2) is 11.2 Å². The first-order valence-electron chi connectivity index (χ1n) is 9.86. The molecule has 1 heterocycles. The van der Waals surface area contributed by atoms with Crippen LogP contribution in [0.5, 0.6) is 0 Å². The molecule has 0 spiro atoms. The van der Waals surface area contributed by atoms with Gasteiger partial charge in [-0.3, -0.25) is 0 Å². The number of sulfonamides is 1. The number of likely N-dealkylation sites (N-methyl/N-ethyl adjacent to an activating group) is 1. The predicted molar refractivity (Wildman–Crippen MR) is 108 cm³/mol. The average Bonchev–Trinajstić information content (AvgIpc) is 3.33. The summed E-state index contributed by atoms with van der Waals surface area (Å²) in [6.45, 7) is 2.42. The van der Waals surface area contributed by atoms with Crippen LogP contribution in [0.2, 0.25) is 0 Å². The minimum atomic E-state index is -3.75. The molecule has 0 amide bonds. The number of anilines is 2. The van der Waals surface area contributed by atoms with E-state index in [2.05, 4.69) is 31.3 Å². The first kappa shape index (κ1) is 19.4. The Balaban J connectivity index is 1.57. The van der Waals surface area contributed by atoms with Crippen LogP contribution in [0.25, 0.3) is 0 Å². The third kappa shape index (κ3) is 3.78. The first-order chi connectivity index (χ1) is 13.3. The molecule has 0 unspecified atom stereocenters. The van der Waals surface area contributed by atoms with Crippen molar-refractivity contribution in [2.75, 3.05) is 26.0 Å². The number of hydrogen-bond acceptors (Lipinski definition) is 6. The van der Waals surface area contributed by atoms with Gasteiger partial charge in [0.1, 0.15) is 0 Å². The summed E-state index contributed by atoms with van der Waals surface area (Å²) in [4.78, 5) is 6.15. The highest BCUT2D eigenvalue weighted by atomic mass is 32.2. The molecule has 152 valence electrons. The fraction of sp³-hybridized carbons (Fsp3) is 0.579. The van der Waals surface area contributed by atoms with Crippen LogP contribution < -0.4 is 10.0 Å². The van der Waals surface area contributed by atoms with Gasteiger partial charge >= 0.3 is 0 Å². The predicted octanol–water partition coefficient (Wildman–Crippen LogP) is 1.75. The van der Waals surface area contributed by atoms with Gasteiger partial charge in [-0.2, -0.15) is 4.98 Å². The van der Waals surface area contributed by atoms with E-state index in [-0.39, 0.29) is 11.2 Å². The molecule has 8 nitrogen and oxygen atoms in total. The molecule has 3 N–H and O–H groups in total. The first-order valence-corrected chi connectivity index (χ1v) is 11.3. The Morgan fingerprint density at radius 3 is 2.39 bits per heavy atom. The summed E-state index contributed by atoms with van der Waals surface area (Å²) in [7, 11) is 0.0562. The van der Waals surface area contributed by atoms with Crippen molar-refractivity contribution < 1.29 is 8.42 Å². The summed E-state index contributed by atoms with van der Waals surface area (Å²) in [5.74, 6) is 0.301. The zero-order chi connectivity index (χ0) is 19.9. The molecule has 4 rings (SSSR count). The molecule has 0 aliphatic heterocycles. The third-order valence-electron chi connectivity index (χ3n) is 5.42. The van der Waals surface area contributed by atoms with Crippen molar-refractivity contribution in [3.63, 3.8) is 0 Å². The molecule has 9 heteroatoms. The van der Waals surface area contributed by atoms with Gasteiger partial charge in [0.2, 0.25) is 5.95 Å². The Labute approximate surface area is 166 Å². The van der Waals surface area contributed by atoms with E-state index in [1.165, 1.54) is 22.3 Å². The van der Waals surface area contributed by atoms with E-state index in [0.717, 1.165) is 44.2 Å². The number of benzene rings is 1. The molecule has 0 bridgehead atoms. The normalized spacial score (nSPS) is 17.0. The van der Waals surface area contributed by atoms with Gasteiger partial charge in [-0.05, 0) is 81.8 Å². The second kappa shape index (κ2) is 7.46. The lowest BCUT2D eigenvalue weighted by Gasteiger charge is -2.17. The molecule has 1 aromatic carbocycles. The molecule has 2 aliphatic carbocycles. The summed E-state index contributed by atoms with van der Waals surface area (Å²) in [5.41, 5.74) is 6.59.